The highest BCUT2D eigenvalue weighted by atomic mass is 16.1. The monoisotopic (exact) mass is 368 g/mol. The average Bonchev–Trinajstić information content (AvgIpc) is 3.03. The smallest absolute Gasteiger partial charge is 0.253 e. The Kier molecular flexibility index (Phi) is 3.72. The summed E-state index contributed by atoms with van der Waals surface area (Å²) in [5, 5.41) is 10.9. The van der Waals surface area contributed by atoms with Gasteiger partial charge in [0.1, 0.15) is 12.0 Å². The van der Waals surface area contributed by atoms with Crippen molar-refractivity contribution in [1.82, 2.24) is 14.8 Å². The summed E-state index contributed by atoms with van der Waals surface area (Å²) in [7, 11) is 0. The Labute approximate surface area is 161 Å². The summed E-state index contributed by atoms with van der Waals surface area (Å²) in [4.78, 5) is 21.2. The Balaban J connectivity index is 1.81. The molecule has 136 valence electrons. The minimum atomic E-state index is -0.230. The number of hydrogen-bond acceptors (Lipinski definition) is 5. The van der Waals surface area contributed by atoms with E-state index in [1.54, 1.807) is 16.0 Å². The van der Waals surface area contributed by atoms with Gasteiger partial charge in [0.05, 0.1) is 17.7 Å². The van der Waals surface area contributed by atoms with Crippen LogP contribution < -0.4 is 0 Å². The molecule has 28 heavy (non-hydrogen) atoms. The maximum Gasteiger partial charge on any atom is 0.253 e. The first-order valence-electron chi connectivity index (χ1n) is 8.94. The van der Waals surface area contributed by atoms with Crippen LogP contribution in [-0.4, -0.2) is 38.6 Å². The summed E-state index contributed by atoms with van der Waals surface area (Å²) in [6.45, 7) is 1.81. The van der Waals surface area contributed by atoms with Gasteiger partial charge in [-0.3, -0.25) is 4.79 Å². The molecule has 0 saturated heterocycles. The third kappa shape index (κ3) is 2.64. The van der Waals surface area contributed by atoms with Gasteiger partial charge in [-0.15, -0.1) is 0 Å². The SMILES string of the molecule is CC1=NN2C=Nc3c(c(-c4ccccc4)nn3-c3ccccc3)C2=NC(=O)C1. The molecule has 0 N–H and O–H groups in total. The van der Waals surface area contributed by atoms with Gasteiger partial charge in [-0.1, -0.05) is 48.5 Å². The Hall–Kier alpha value is -3.87. The second-order valence-electron chi connectivity index (χ2n) is 6.59. The van der Waals surface area contributed by atoms with E-state index < -0.39 is 0 Å². The molecule has 0 atom stereocenters. The lowest BCUT2D eigenvalue weighted by Gasteiger charge is -2.19. The van der Waals surface area contributed by atoms with Gasteiger partial charge >= 0.3 is 0 Å². The van der Waals surface area contributed by atoms with E-state index >= 15 is 0 Å². The molecule has 1 amide bonds. The van der Waals surface area contributed by atoms with E-state index in [4.69, 9.17) is 5.10 Å². The summed E-state index contributed by atoms with van der Waals surface area (Å²) < 4.78 is 1.78. The molecular weight excluding hydrogens is 352 g/mol. The Bertz CT molecular complexity index is 1160. The number of carbonyl (C=O) groups is 1. The third-order valence-electron chi connectivity index (χ3n) is 4.56. The van der Waals surface area contributed by atoms with Crippen LogP contribution in [0.1, 0.15) is 18.9 Å². The molecule has 5 rings (SSSR count). The number of benzene rings is 2. The number of aliphatic imine (C=N–C) groups is 2. The second-order valence-corrected chi connectivity index (χ2v) is 6.59. The van der Waals surface area contributed by atoms with Crippen LogP contribution in [0.4, 0.5) is 5.82 Å². The van der Waals surface area contributed by atoms with Gasteiger partial charge in [-0.05, 0) is 19.1 Å². The number of nitrogens with zero attached hydrogens (tertiary/aromatic N) is 6. The van der Waals surface area contributed by atoms with E-state index in [0.29, 0.717) is 28.6 Å². The van der Waals surface area contributed by atoms with Gasteiger partial charge in [-0.2, -0.15) is 15.2 Å². The molecule has 1 aromatic heterocycles. The molecule has 0 fully saturated rings. The van der Waals surface area contributed by atoms with Crippen molar-refractivity contribution in [2.24, 2.45) is 15.1 Å². The Morgan fingerprint density at radius 2 is 1.68 bits per heavy atom. The number of amides is 1. The minimum Gasteiger partial charge on any atom is -0.272 e. The molecule has 0 spiro atoms. The highest BCUT2D eigenvalue weighted by Gasteiger charge is 2.32. The maximum absolute atomic E-state index is 12.3. The summed E-state index contributed by atoms with van der Waals surface area (Å²) in [5.74, 6) is 0.849. The molecular formula is C21H16N6O. The lowest BCUT2D eigenvalue weighted by Crippen LogP contribution is -2.28. The average molecular weight is 368 g/mol. The third-order valence-corrected chi connectivity index (χ3v) is 4.56. The maximum atomic E-state index is 12.3. The highest BCUT2D eigenvalue weighted by Crippen LogP contribution is 2.36. The van der Waals surface area contributed by atoms with E-state index in [9.17, 15) is 4.79 Å². The molecule has 3 heterocycles. The fourth-order valence-electron chi connectivity index (χ4n) is 3.34. The number of aromatic nitrogens is 2. The van der Waals surface area contributed by atoms with Gasteiger partial charge in [0.15, 0.2) is 11.7 Å². The van der Waals surface area contributed by atoms with Crippen LogP contribution in [0.2, 0.25) is 0 Å². The number of para-hydroxylation sites is 1. The lowest BCUT2D eigenvalue weighted by molar-refractivity contribution is -0.116. The van der Waals surface area contributed by atoms with Crippen molar-refractivity contribution in [3.8, 4) is 16.9 Å². The molecule has 2 aliphatic rings. The van der Waals surface area contributed by atoms with Crippen molar-refractivity contribution >= 4 is 29.6 Å². The Morgan fingerprint density at radius 3 is 2.43 bits per heavy atom. The van der Waals surface area contributed by atoms with Gasteiger partial charge in [0, 0.05) is 11.3 Å². The highest BCUT2D eigenvalue weighted by molar-refractivity contribution is 6.19. The van der Waals surface area contributed by atoms with Gasteiger partial charge in [0.25, 0.3) is 5.91 Å². The molecule has 3 aromatic rings. The zero-order chi connectivity index (χ0) is 19.1. The van der Waals surface area contributed by atoms with Crippen LogP contribution in [0.15, 0.2) is 75.7 Å². The van der Waals surface area contributed by atoms with Crippen LogP contribution in [0.5, 0.6) is 0 Å². The number of amidine groups is 1. The molecule has 2 aliphatic heterocycles. The zero-order valence-electron chi connectivity index (χ0n) is 15.1. The zero-order valence-corrected chi connectivity index (χ0v) is 15.1. The number of hydrogen-bond donors (Lipinski definition) is 0. The van der Waals surface area contributed by atoms with Crippen LogP contribution in [0.25, 0.3) is 16.9 Å². The molecule has 0 unspecified atom stereocenters. The minimum absolute atomic E-state index is 0.191. The number of hydrazone groups is 1. The van der Waals surface area contributed by atoms with Crippen LogP contribution in [-0.2, 0) is 4.79 Å². The predicted octanol–water partition coefficient (Wildman–Crippen LogP) is 3.57. The van der Waals surface area contributed by atoms with E-state index in [1.165, 1.54) is 0 Å². The van der Waals surface area contributed by atoms with E-state index in [2.05, 4.69) is 15.1 Å². The number of fused-ring (bicyclic) bond motifs is 3. The predicted molar refractivity (Wildman–Crippen MR) is 108 cm³/mol. The first-order valence-corrected chi connectivity index (χ1v) is 8.94. The van der Waals surface area contributed by atoms with Gasteiger partial charge in [0.2, 0.25) is 0 Å². The van der Waals surface area contributed by atoms with Crippen molar-refractivity contribution in [3.63, 3.8) is 0 Å². The first-order chi connectivity index (χ1) is 13.7. The number of rotatable bonds is 2. The van der Waals surface area contributed by atoms with E-state index in [0.717, 1.165) is 11.3 Å². The van der Waals surface area contributed by atoms with Crippen LogP contribution in [0, 0.1) is 0 Å². The van der Waals surface area contributed by atoms with Crippen LogP contribution in [0.3, 0.4) is 0 Å². The fraction of sp³-hybridized carbons (Fsp3) is 0.0952. The lowest BCUT2D eigenvalue weighted by atomic mass is 10.1. The molecule has 0 aliphatic carbocycles. The van der Waals surface area contributed by atoms with Crippen molar-refractivity contribution < 1.29 is 4.79 Å². The topological polar surface area (TPSA) is 75.2 Å². The first kappa shape index (κ1) is 16.3. The van der Waals surface area contributed by atoms with Crippen molar-refractivity contribution in [3.05, 3.63) is 66.2 Å². The summed E-state index contributed by atoms with van der Waals surface area (Å²) in [6, 6.07) is 19.6. The summed E-state index contributed by atoms with van der Waals surface area (Å²) in [5.41, 5.74) is 3.90. The normalized spacial score (nSPS) is 15.5. The van der Waals surface area contributed by atoms with Crippen molar-refractivity contribution in [2.45, 2.75) is 13.3 Å². The summed E-state index contributed by atoms with van der Waals surface area (Å²) in [6.07, 6.45) is 1.77. The van der Waals surface area contributed by atoms with Crippen molar-refractivity contribution in [1.29, 1.82) is 0 Å². The summed E-state index contributed by atoms with van der Waals surface area (Å²) >= 11 is 0. The quantitative estimate of drug-likeness (QED) is 0.694. The molecule has 7 nitrogen and oxygen atoms in total. The van der Waals surface area contributed by atoms with Gasteiger partial charge in [-0.25, -0.2) is 14.7 Å². The fourth-order valence-corrected chi connectivity index (χ4v) is 3.34. The van der Waals surface area contributed by atoms with Crippen molar-refractivity contribution in [2.75, 3.05) is 0 Å². The molecule has 2 aromatic carbocycles. The molecule has 7 heteroatoms. The standard InChI is InChI=1S/C21H16N6O/c1-14-12-17(28)23-21-18-19(15-8-4-2-5-9-15)25-27(16-10-6-3-7-11-16)20(18)22-13-26(21)24-14/h2-11,13H,12H2,1H3. The number of carbonyl (C=O) groups excluding carboxylic acids is 1. The van der Waals surface area contributed by atoms with E-state index in [1.807, 2.05) is 67.6 Å². The molecule has 0 bridgehead atoms. The van der Waals surface area contributed by atoms with Crippen LogP contribution >= 0.6 is 0 Å². The van der Waals surface area contributed by atoms with Gasteiger partial charge < -0.3 is 0 Å². The van der Waals surface area contributed by atoms with E-state index in [-0.39, 0.29) is 12.3 Å². The molecule has 0 saturated carbocycles. The Morgan fingerprint density at radius 1 is 0.964 bits per heavy atom. The second kappa shape index (κ2) is 6.38. The largest absolute Gasteiger partial charge is 0.272 e. The molecule has 0 radical (unpaired) electrons.